The van der Waals surface area contributed by atoms with E-state index in [4.69, 9.17) is 14.2 Å². The fourth-order valence-electron chi connectivity index (χ4n) is 4.16. The number of unbranched alkanes of at least 4 members (excludes halogenated alkanes) is 1. The number of hydrogen-bond donors (Lipinski definition) is 2. The fourth-order valence-corrected chi connectivity index (χ4v) is 4.16. The molecule has 0 saturated heterocycles. The molecule has 0 saturated carbocycles. The normalized spacial score (nSPS) is 14.9. The zero-order valence-corrected chi connectivity index (χ0v) is 18.6. The molecule has 0 fully saturated rings. The molecule has 0 aromatic heterocycles. The Morgan fingerprint density at radius 3 is 2.47 bits per heavy atom. The van der Waals surface area contributed by atoms with Gasteiger partial charge in [0.15, 0.2) is 11.5 Å². The van der Waals surface area contributed by atoms with Crippen molar-refractivity contribution in [2.75, 3.05) is 40.2 Å². The maximum atomic E-state index is 13.0. The summed E-state index contributed by atoms with van der Waals surface area (Å²) in [5, 5.41) is 6.67. The number of hydrogen-bond acceptors (Lipinski definition) is 6. The van der Waals surface area contributed by atoms with Crippen molar-refractivity contribution in [3.63, 3.8) is 0 Å². The summed E-state index contributed by atoms with van der Waals surface area (Å²) in [6, 6.07) is 7.74. The minimum absolute atomic E-state index is 0.00417. The van der Waals surface area contributed by atoms with Crippen molar-refractivity contribution in [3.8, 4) is 28.4 Å². The highest BCUT2D eigenvalue weighted by molar-refractivity contribution is 5.83. The van der Waals surface area contributed by atoms with Crippen molar-refractivity contribution >= 4 is 5.69 Å². The molecule has 162 valence electrons. The molecule has 0 amide bonds. The van der Waals surface area contributed by atoms with Gasteiger partial charge >= 0.3 is 0 Å². The SMILES string of the molecule is CCCCNc1ccc2c(cc1=O)[C@H](NC)CCc1cc(OC)c(OC)c(OC)c1-2. The van der Waals surface area contributed by atoms with Crippen molar-refractivity contribution < 1.29 is 14.2 Å². The molecule has 1 aliphatic carbocycles. The molecular weight excluding hydrogens is 380 g/mol. The van der Waals surface area contributed by atoms with Gasteiger partial charge in [-0.05, 0) is 61.2 Å². The van der Waals surface area contributed by atoms with E-state index in [0.29, 0.717) is 22.9 Å². The van der Waals surface area contributed by atoms with Crippen LogP contribution < -0.4 is 30.3 Å². The first-order valence-corrected chi connectivity index (χ1v) is 10.5. The third-order valence-corrected chi connectivity index (χ3v) is 5.73. The lowest BCUT2D eigenvalue weighted by Gasteiger charge is -2.19. The van der Waals surface area contributed by atoms with E-state index in [2.05, 4.69) is 17.6 Å². The van der Waals surface area contributed by atoms with Crippen LogP contribution in [0.25, 0.3) is 11.1 Å². The Morgan fingerprint density at radius 1 is 1.07 bits per heavy atom. The quantitative estimate of drug-likeness (QED) is 0.635. The van der Waals surface area contributed by atoms with Gasteiger partial charge in [-0.25, -0.2) is 0 Å². The zero-order valence-electron chi connectivity index (χ0n) is 18.6. The summed E-state index contributed by atoms with van der Waals surface area (Å²) in [5.41, 5.74) is 4.62. The smallest absolute Gasteiger partial charge is 0.203 e. The number of fused-ring (bicyclic) bond motifs is 3. The van der Waals surface area contributed by atoms with Gasteiger partial charge in [0.25, 0.3) is 0 Å². The molecule has 0 radical (unpaired) electrons. The third-order valence-electron chi connectivity index (χ3n) is 5.73. The molecule has 2 aromatic carbocycles. The van der Waals surface area contributed by atoms with Gasteiger partial charge in [-0.1, -0.05) is 19.4 Å². The van der Waals surface area contributed by atoms with Gasteiger partial charge in [0.1, 0.15) is 0 Å². The first kappa shape index (κ1) is 22.0. The van der Waals surface area contributed by atoms with Crippen LogP contribution in [0.5, 0.6) is 17.2 Å². The molecule has 6 nitrogen and oxygen atoms in total. The highest BCUT2D eigenvalue weighted by Crippen LogP contribution is 2.50. The summed E-state index contributed by atoms with van der Waals surface area (Å²) < 4.78 is 17.0. The number of nitrogens with one attached hydrogen (secondary N) is 2. The zero-order chi connectivity index (χ0) is 21.7. The summed E-state index contributed by atoms with van der Waals surface area (Å²) in [6.45, 7) is 2.91. The van der Waals surface area contributed by atoms with Gasteiger partial charge in [-0.2, -0.15) is 0 Å². The summed E-state index contributed by atoms with van der Waals surface area (Å²) >= 11 is 0. The molecular formula is C24H32N2O4. The molecule has 1 aliphatic rings. The summed E-state index contributed by atoms with van der Waals surface area (Å²) in [5.74, 6) is 1.83. The van der Waals surface area contributed by atoms with Crippen LogP contribution in [0, 0.1) is 0 Å². The number of benzene rings is 1. The summed E-state index contributed by atoms with van der Waals surface area (Å²) in [7, 11) is 6.80. The van der Waals surface area contributed by atoms with Crippen LogP contribution in [-0.2, 0) is 6.42 Å². The Bertz CT molecular complexity index is 959. The second-order valence-corrected chi connectivity index (χ2v) is 7.46. The van der Waals surface area contributed by atoms with Gasteiger partial charge in [-0.15, -0.1) is 0 Å². The van der Waals surface area contributed by atoms with Crippen molar-refractivity contribution in [1.29, 1.82) is 0 Å². The second kappa shape index (κ2) is 9.85. The molecule has 2 N–H and O–H groups in total. The maximum absolute atomic E-state index is 13.0. The third kappa shape index (κ3) is 4.10. The van der Waals surface area contributed by atoms with E-state index < -0.39 is 0 Å². The molecule has 0 heterocycles. The van der Waals surface area contributed by atoms with Crippen LogP contribution in [0.2, 0.25) is 0 Å². The number of ether oxygens (including phenoxy) is 3. The predicted octanol–water partition coefficient (Wildman–Crippen LogP) is 4.16. The molecule has 1 atom stereocenters. The lowest BCUT2D eigenvalue weighted by molar-refractivity contribution is 0.324. The van der Waals surface area contributed by atoms with Gasteiger partial charge in [0.05, 0.1) is 27.0 Å². The van der Waals surface area contributed by atoms with Crippen LogP contribution in [0.4, 0.5) is 5.69 Å². The fraction of sp³-hybridized carbons (Fsp3) is 0.458. The Hall–Kier alpha value is -2.73. The Morgan fingerprint density at radius 2 is 1.83 bits per heavy atom. The van der Waals surface area contributed by atoms with Crippen molar-refractivity contribution in [2.45, 2.75) is 38.6 Å². The number of methoxy groups -OCH3 is 3. The van der Waals surface area contributed by atoms with Gasteiger partial charge in [0, 0.05) is 18.2 Å². The largest absolute Gasteiger partial charge is 0.493 e. The van der Waals surface area contributed by atoms with Crippen LogP contribution in [0.1, 0.15) is 43.4 Å². The second-order valence-electron chi connectivity index (χ2n) is 7.46. The van der Waals surface area contributed by atoms with E-state index in [0.717, 1.165) is 54.5 Å². The Balaban J connectivity index is 2.29. The van der Waals surface area contributed by atoms with Gasteiger partial charge in [-0.3, -0.25) is 4.79 Å². The summed E-state index contributed by atoms with van der Waals surface area (Å²) in [6.07, 6.45) is 3.78. The lowest BCUT2D eigenvalue weighted by Crippen LogP contribution is -2.18. The molecule has 6 heteroatoms. The summed E-state index contributed by atoms with van der Waals surface area (Å²) in [4.78, 5) is 13.0. The maximum Gasteiger partial charge on any atom is 0.203 e. The first-order valence-electron chi connectivity index (χ1n) is 10.5. The number of anilines is 1. The van der Waals surface area contributed by atoms with Crippen LogP contribution in [-0.4, -0.2) is 34.9 Å². The van der Waals surface area contributed by atoms with E-state index in [1.165, 1.54) is 0 Å². The average molecular weight is 413 g/mol. The molecule has 3 rings (SSSR count). The first-order chi connectivity index (χ1) is 14.6. The number of rotatable bonds is 8. The predicted molar refractivity (Wildman–Crippen MR) is 121 cm³/mol. The van der Waals surface area contributed by atoms with Crippen LogP contribution in [0.15, 0.2) is 29.1 Å². The van der Waals surface area contributed by atoms with E-state index in [-0.39, 0.29) is 11.5 Å². The average Bonchev–Trinajstić information content (AvgIpc) is 3.01. The van der Waals surface area contributed by atoms with Crippen molar-refractivity contribution in [2.24, 2.45) is 0 Å². The van der Waals surface area contributed by atoms with Gasteiger partial charge < -0.3 is 24.8 Å². The Kier molecular flexibility index (Phi) is 7.21. The van der Waals surface area contributed by atoms with Crippen molar-refractivity contribution in [1.82, 2.24) is 5.32 Å². The molecule has 2 aromatic rings. The van der Waals surface area contributed by atoms with Crippen LogP contribution in [0.3, 0.4) is 0 Å². The highest BCUT2D eigenvalue weighted by atomic mass is 16.5. The molecule has 0 spiro atoms. The van der Waals surface area contributed by atoms with E-state index in [1.54, 1.807) is 27.4 Å². The topological polar surface area (TPSA) is 68.8 Å². The standard InChI is InChI=1S/C24H32N2O4/c1-6-7-12-26-19-11-9-16-17(14-20(19)27)18(25-2)10-8-15-13-21(28-3)23(29-4)24(30-5)22(15)16/h9,11,13-14,18,25H,6-8,10,12H2,1-5H3,(H,26,27)/t18-/m1/s1. The monoisotopic (exact) mass is 412 g/mol. The lowest BCUT2D eigenvalue weighted by atomic mass is 9.95. The van der Waals surface area contributed by atoms with E-state index in [9.17, 15) is 4.79 Å². The number of aryl methyl sites for hydroxylation is 1. The molecule has 0 unspecified atom stereocenters. The highest BCUT2D eigenvalue weighted by Gasteiger charge is 2.28. The Labute approximate surface area is 178 Å². The van der Waals surface area contributed by atoms with Crippen molar-refractivity contribution in [3.05, 3.63) is 45.6 Å². The molecule has 0 aliphatic heterocycles. The van der Waals surface area contributed by atoms with Crippen LogP contribution >= 0.6 is 0 Å². The van der Waals surface area contributed by atoms with E-state index >= 15 is 0 Å². The van der Waals surface area contributed by atoms with E-state index in [1.807, 2.05) is 25.2 Å². The van der Waals surface area contributed by atoms with Gasteiger partial charge in [0.2, 0.25) is 11.2 Å². The molecule has 30 heavy (non-hydrogen) atoms. The molecule has 0 bridgehead atoms. The minimum atomic E-state index is -0.00417. The minimum Gasteiger partial charge on any atom is -0.493 e.